The number of aromatic amines is 1. The van der Waals surface area contributed by atoms with E-state index in [0.717, 1.165) is 36.3 Å². The van der Waals surface area contributed by atoms with Crippen LogP contribution in [0.2, 0.25) is 0 Å². The maximum atomic E-state index is 13.1. The largest absolute Gasteiger partial charge is 0.462 e. The first-order chi connectivity index (χ1) is 12.5. The molecule has 26 heavy (non-hydrogen) atoms. The molecule has 5 nitrogen and oxygen atoms in total. The van der Waals surface area contributed by atoms with Gasteiger partial charge >= 0.3 is 5.97 Å². The smallest absolute Gasteiger partial charge is 0.338 e. The minimum Gasteiger partial charge on any atom is -0.462 e. The number of aryl methyl sites for hydroxylation is 1. The van der Waals surface area contributed by atoms with E-state index in [9.17, 15) is 9.59 Å². The van der Waals surface area contributed by atoms with E-state index in [2.05, 4.69) is 16.8 Å². The number of hydrogen-bond donors (Lipinski definition) is 1. The number of carbonyl (C=O) groups excluding carboxylic acids is 1. The average molecular weight is 356 g/mol. The van der Waals surface area contributed by atoms with E-state index in [1.165, 1.54) is 12.8 Å². The van der Waals surface area contributed by atoms with Gasteiger partial charge in [-0.25, -0.2) is 4.79 Å². The molecule has 0 radical (unpaired) electrons. The lowest BCUT2D eigenvalue weighted by atomic mass is 9.99. The number of pyridine rings is 1. The number of esters is 1. The molecular weight excluding hydrogens is 328 g/mol. The van der Waals surface area contributed by atoms with Crippen LogP contribution in [0.5, 0.6) is 0 Å². The Bertz CT molecular complexity index is 856. The average Bonchev–Trinajstić information content (AvgIpc) is 2.63. The van der Waals surface area contributed by atoms with Crippen LogP contribution in [0.1, 0.15) is 54.7 Å². The van der Waals surface area contributed by atoms with E-state index in [4.69, 9.17) is 4.74 Å². The number of nitrogens with zero attached hydrogens (tertiary/aromatic N) is 1. The number of piperidine rings is 1. The highest BCUT2D eigenvalue weighted by Crippen LogP contribution is 2.20. The van der Waals surface area contributed by atoms with Crippen molar-refractivity contribution < 1.29 is 9.53 Å². The summed E-state index contributed by atoms with van der Waals surface area (Å²) in [5, 5.41) is 0.557. The summed E-state index contributed by atoms with van der Waals surface area (Å²) in [4.78, 5) is 30.9. The van der Waals surface area contributed by atoms with Gasteiger partial charge in [0.2, 0.25) is 0 Å². The number of hydrogen-bond acceptors (Lipinski definition) is 4. The summed E-state index contributed by atoms with van der Waals surface area (Å²) in [6.07, 6.45) is 3.21. The van der Waals surface area contributed by atoms with E-state index in [1.807, 2.05) is 13.8 Å². The molecule has 1 N–H and O–H groups in total. The fourth-order valence-corrected chi connectivity index (χ4v) is 3.70. The maximum Gasteiger partial charge on any atom is 0.338 e. The van der Waals surface area contributed by atoms with Gasteiger partial charge in [-0.1, -0.05) is 13.8 Å². The molecule has 1 saturated heterocycles. The molecule has 0 amide bonds. The molecule has 5 heteroatoms. The van der Waals surface area contributed by atoms with Gasteiger partial charge in [0.25, 0.3) is 0 Å². The first kappa shape index (κ1) is 18.6. The molecule has 140 valence electrons. The Morgan fingerprint density at radius 2 is 2.19 bits per heavy atom. The zero-order chi connectivity index (χ0) is 18.7. The van der Waals surface area contributed by atoms with E-state index in [1.54, 1.807) is 18.2 Å². The van der Waals surface area contributed by atoms with Crippen LogP contribution in [-0.2, 0) is 11.3 Å². The van der Waals surface area contributed by atoms with Crippen LogP contribution in [0.3, 0.4) is 0 Å². The fraction of sp³-hybridized carbons (Fsp3) is 0.524. The molecule has 1 aromatic carbocycles. The van der Waals surface area contributed by atoms with Gasteiger partial charge in [-0.05, 0) is 56.8 Å². The van der Waals surface area contributed by atoms with Gasteiger partial charge in [-0.3, -0.25) is 9.69 Å². The lowest BCUT2D eigenvalue weighted by Gasteiger charge is -2.31. The third-order valence-corrected chi connectivity index (χ3v) is 5.11. The Morgan fingerprint density at radius 1 is 1.38 bits per heavy atom. The summed E-state index contributed by atoms with van der Waals surface area (Å²) < 4.78 is 5.19. The van der Waals surface area contributed by atoms with Crippen LogP contribution in [0.25, 0.3) is 10.9 Å². The monoisotopic (exact) mass is 356 g/mol. The molecule has 1 fully saturated rings. The van der Waals surface area contributed by atoms with Crippen LogP contribution in [-0.4, -0.2) is 35.5 Å². The van der Waals surface area contributed by atoms with Crippen molar-refractivity contribution in [2.24, 2.45) is 5.92 Å². The summed E-state index contributed by atoms with van der Waals surface area (Å²) in [6.45, 7) is 9.27. The van der Waals surface area contributed by atoms with Gasteiger partial charge in [0, 0.05) is 35.2 Å². The van der Waals surface area contributed by atoms with Crippen molar-refractivity contribution in [2.75, 3.05) is 19.7 Å². The summed E-state index contributed by atoms with van der Waals surface area (Å²) in [7, 11) is 0. The highest BCUT2D eigenvalue weighted by atomic mass is 16.5. The second-order valence-corrected chi connectivity index (χ2v) is 7.44. The highest BCUT2D eigenvalue weighted by molar-refractivity contribution is 5.94. The topological polar surface area (TPSA) is 62.4 Å². The lowest BCUT2D eigenvalue weighted by Crippen LogP contribution is -2.35. The van der Waals surface area contributed by atoms with E-state index in [0.29, 0.717) is 30.0 Å². The number of rotatable bonds is 5. The number of aromatic nitrogens is 1. The molecule has 3 rings (SSSR count). The Morgan fingerprint density at radius 3 is 2.92 bits per heavy atom. The number of likely N-dealkylation sites (tertiary alicyclic amines) is 1. The Hall–Kier alpha value is -2.14. The number of ether oxygens (including phenoxy) is 1. The molecule has 0 spiro atoms. The van der Waals surface area contributed by atoms with Crippen LogP contribution in [0.4, 0.5) is 0 Å². The Kier molecular flexibility index (Phi) is 5.77. The van der Waals surface area contributed by atoms with Crippen molar-refractivity contribution in [3.05, 3.63) is 45.2 Å². The summed E-state index contributed by atoms with van der Waals surface area (Å²) in [6, 6.07) is 5.16. The van der Waals surface area contributed by atoms with Gasteiger partial charge in [0.15, 0.2) is 5.43 Å². The second kappa shape index (κ2) is 8.04. The summed E-state index contributed by atoms with van der Waals surface area (Å²) >= 11 is 0. The lowest BCUT2D eigenvalue weighted by molar-refractivity contribution is 0.0505. The number of fused-ring (bicyclic) bond motifs is 1. The third kappa shape index (κ3) is 3.98. The number of H-pyrrole nitrogens is 1. The molecule has 2 heterocycles. The molecule has 0 bridgehead atoms. The van der Waals surface area contributed by atoms with Crippen LogP contribution in [0.15, 0.2) is 23.0 Å². The quantitative estimate of drug-likeness (QED) is 0.831. The summed E-state index contributed by atoms with van der Waals surface area (Å²) in [5.74, 6) is 0.295. The van der Waals surface area contributed by atoms with Gasteiger partial charge < -0.3 is 9.72 Å². The SMILES string of the molecule is CCCOC(=O)c1ccc2[nH]c(C)c(CN3CCC[C@H](C)C3)c(=O)c2c1. The second-order valence-electron chi connectivity index (χ2n) is 7.44. The summed E-state index contributed by atoms with van der Waals surface area (Å²) in [5.41, 5.74) is 2.90. The molecule has 1 aliphatic rings. The minimum absolute atomic E-state index is 0.0135. The fourth-order valence-electron chi connectivity index (χ4n) is 3.70. The number of benzene rings is 1. The van der Waals surface area contributed by atoms with E-state index in [-0.39, 0.29) is 11.4 Å². The van der Waals surface area contributed by atoms with Crippen molar-refractivity contribution in [2.45, 2.75) is 46.6 Å². The van der Waals surface area contributed by atoms with Crippen molar-refractivity contribution >= 4 is 16.9 Å². The zero-order valence-corrected chi connectivity index (χ0v) is 15.9. The van der Waals surface area contributed by atoms with Crippen molar-refractivity contribution in [1.29, 1.82) is 0 Å². The van der Waals surface area contributed by atoms with Gasteiger partial charge in [0.1, 0.15) is 0 Å². The van der Waals surface area contributed by atoms with Crippen LogP contribution >= 0.6 is 0 Å². The molecule has 0 saturated carbocycles. The zero-order valence-electron chi connectivity index (χ0n) is 15.9. The predicted octanol–water partition coefficient (Wildman–Crippen LogP) is 3.64. The molecular formula is C21H28N2O3. The normalized spacial score (nSPS) is 18.2. The number of nitrogens with one attached hydrogen (secondary N) is 1. The van der Waals surface area contributed by atoms with Crippen molar-refractivity contribution in [1.82, 2.24) is 9.88 Å². The third-order valence-electron chi connectivity index (χ3n) is 5.11. The van der Waals surface area contributed by atoms with Crippen LogP contribution in [0, 0.1) is 12.8 Å². The minimum atomic E-state index is -0.375. The first-order valence-electron chi connectivity index (χ1n) is 9.54. The number of carbonyl (C=O) groups is 1. The molecule has 0 aliphatic carbocycles. The molecule has 1 aliphatic heterocycles. The Labute approximate surface area is 154 Å². The predicted molar refractivity (Wildman–Crippen MR) is 104 cm³/mol. The Balaban J connectivity index is 1.94. The van der Waals surface area contributed by atoms with E-state index < -0.39 is 0 Å². The van der Waals surface area contributed by atoms with Gasteiger partial charge in [0.05, 0.1) is 12.2 Å². The van der Waals surface area contributed by atoms with Gasteiger partial charge in [-0.2, -0.15) is 0 Å². The standard InChI is InChI=1S/C21H28N2O3/c1-4-10-26-21(25)16-7-8-19-17(11-16)20(24)18(15(3)22-19)13-23-9-5-6-14(2)12-23/h7-8,11,14H,4-6,9-10,12-13H2,1-3H3,(H,22,24)/t14-/m0/s1. The molecule has 1 atom stereocenters. The van der Waals surface area contributed by atoms with Crippen molar-refractivity contribution in [3.63, 3.8) is 0 Å². The molecule has 0 unspecified atom stereocenters. The van der Waals surface area contributed by atoms with E-state index >= 15 is 0 Å². The highest BCUT2D eigenvalue weighted by Gasteiger charge is 2.19. The maximum absolute atomic E-state index is 13.1. The van der Waals surface area contributed by atoms with Crippen LogP contribution < -0.4 is 5.43 Å². The first-order valence-corrected chi connectivity index (χ1v) is 9.54. The van der Waals surface area contributed by atoms with Crippen molar-refractivity contribution in [3.8, 4) is 0 Å². The molecule has 1 aromatic heterocycles. The van der Waals surface area contributed by atoms with Gasteiger partial charge in [-0.15, -0.1) is 0 Å². The molecule has 2 aromatic rings.